The Morgan fingerprint density at radius 2 is 1.79 bits per heavy atom. The summed E-state index contributed by atoms with van der Waals surface area (Å²) in [7, 11) is 0. The molecule has 24 heavy (non-hydrogen) atoms. The number of anilines is 1. The van der Waals surface area contributed by atoms with Gasteiger partial charge in [0.15, 0.2) is 12.1 Å². The van der Waals surface area contributed by atoms with Crippen molar-refractivity contribution in [3.63, 3.8) is 0 Å². The molecule has 0 saturated carbocycles. The van der Waals surface area contributed by atoms with Crippen LogP contribution in [0.25, 0.3) is 0 Å². The summed E-state index contributed by atoms with van der Waals surface area (Å²) in [4.78, 5) is 26.5. The fraction of sp³-hybridized carbons (Fsp3) is 0.176. The second-order valence-corrected chi connectivity index (χ2v) is 6.11. The van der Waals surface area contributed by atoms with E-state index in [1.165, 1.54) is 0 Å². The number of halogens is 1. The van der Waals surface area contributed by atoms with Gasteiger partial charge in [-0.2, -0.15) is 5.11 Å². The largest absolute Gasteiger partial charge is 0.271 e. The van der Waals surface area contributed by atoms with Crippen LogP contribution < -0.4 is 4.90 Å². The zero-order valence-electron chi connectivity index (χ0n) is 12.5. The van der Waals surface area contributed by atoms with Crippen LogP contribution in [0.3, 0.4) is 0 Å². The molecule has 120 valence electrons. The van der Waals surface area contributed by atoms with Gasteiger partial charge in [-0.05, 0) is 23.8 Å². The fourth-order valence-electron chi connectivity index (χ4n) is 2.99. The molecule has 2 atom stereocenters. The molecule has 2 amide bonds. The number of hydrogen-bond acceptors (Lipinski definition) is 5. The van der Waals surface area contributed by atoms with Crippen LogP contribution in [0, 0.1) is 0 Å². The van der Waals surface area contributed by atoms with Crippen molar-refractivity contribution in [3.05, 3.63) is 65.2 Å². The Morgan fingerprint density at radius 1 is 1.00 bits per heavy atom. The van der Waals surface area contributed by atoms with Gasteiger partial charge < -0.3 is 0 Å². The van der Waals surface area contributed by atoms with Crippen molar-refractivity contribution in [3.8, 4) is 0 Å². The molecular weight excluding hydrogens is 328 g/mol. The molecule has 0 radical (unpaired) electrons. The molecule has 0 bridgehead atoms. The summed E-state index contributed by atoms with van der Waals surface area (Å²) in [6.07, 6.45) is 0. The number of rotatable bonds is 3. The highest BCUT2D eigenvalue weighted by molar-refractivity contribution is 6.31. The maximum Gasteiger partial charge on any atom is 0.263 e. The second-order valence-electron chi connectivity index (χ2n) is 5.67. The van der Waals surface area contributed by atoms with Gasteiger partial charge in [0.2, 0.25) is 0 Å². The van der Waals surface area contributed by atoms with Gasteiger partial charge >= 0.3 is 0 Å². The van der Waals surface area contributed by atoms with Gasteiger partial charge in [0.25, 0.3) is 11.8 Å². The topological polar surface area (TPSA) is 65.3 Å². The van der Waals surface area contributed by atoms with Crippen molar-refractivity contribution in [2.45, 2.75) is 18.6 Å². The highest BCUT2D eigenvalue weighted by Gasteiger charge is 2.54. The summed E-state index contributed by atoms with van der Waals surface area (Å²) in [5.41, 5.74) is 1.46. The molecular formula is C17H13ClN4O2. The fourth-order valence-corrected chi connectivity index (χ4v) is 3.18. The number of amides is 2. The molecule has 2 aromatic rings. The molecule has 4 rings (SSSR count). The Labute approximate surface area is 143 Å². The number of carbonyl (C=O) groups excluding carboxylic acids is 2. The third-order valence-electron chi connectivity index (χ3n) is 4.11. The lowest BCUT2D eigenvalue weighted by atomic mass is 10.1. The van der Waals surface area contributed by atoms with Crippen molar-refractivity contribution < 1.29 is 9.59 Å². The van der Waals surface area contributed by atoms with Crippen molar-refractivity contribution in [2.75, 3.05) is 4.90 Å². The number of benzene rings is 2. The zero-order chi connectivity index (χ0) is 16.7. The predicted molar refractivity (Wildman–Crippen MR) is 88.4 cm³/mol. The van der Waals surface area contributed by atoms with Crippen LogP contribution in [0.15, 0.2) is 64.9 Å². The van der Waals surface area contributed by atoms with E-state index in [9.17, 15) is 9.59 Å². The van der Waals surface area contributed by atoms with Gasteiger partial charge in [-0.1, -0.05) is 53.2 Å². The lowest BCUT2D eigenvalue weighted by Gasteiger charge is -2.20. The summed E-state index contributed by atoms with van der Waals surface area (Å²) in [6.45, 7) is 0.425. The van der Waals surface area contributed by atoms with Gasteiger partial charge in [-0.25, -0.2) is 4.90 Å². The summed E-state index contributed by atoms with van der Waals surface area (Å²) in [5, 5.41) is 10.1. The molecule has 1 saturated heterocycles. The average Bonchev–Trinajstić information content (AvgIpc) is 3.09. The summed E-state index contributed by atoms with van der Waals surface area (Å²) >= 11 is 5.97. The third kappa shape index (κ3) is 2.35. The van der Waals surface area contributed by atoms with Crippen LogP contribution in [0.5, 0.6) is 0 Å². The summed E-state index contributed by atoms with van der Waals surface area (Å²) < 4.78 is 0. The van der Waals surface area contributed by atoms with Crippen molar-refractivity contribution in [1.82, 2.24) is 5.01 Å². The quantitative estimate of drug-likeness (QED) is 0.807. The predicted octanol–water partition coefficient (Wildman–Crippen LogP) is 2.83. The van der Waals surface area contributed by atoms with Crippen LogP contribution in [0.4, 0.5) is 5.69 Å². The Kier molecular flexibility index (Phi) is 3.54. The van der Waals surface area contributed by atoms with Gasteiger partial charge in [-0.15, -0.1) is 0 Å². The first-order valence-corrected chi connectivity index (χ1v) is 7.87. The van der Waals surface area contributed by atoms with E-state index in [0.29, 0.717) is 17.3 Å². The smallest absolute Gasteiger partial charge is 0.263 e. The Morgan fingerprint density at radius 3 is 2.54 bits per heavy atom. The van der Waals surface area contributed by atoms with Crippen molar-refractivity contribution in [1.29, 1.82) is 0 Å². The Hall–Kier alpha value is -2.73. The van der Waals surface area contributed by atoms with Crippen LogP contribution in [0.1, 0.15) is 5.56 Å². The van der Waals surface area contributed by atoms with Crippen LogP contribution in [-0.2, 0) is 16.1 Å². The molecule has 6 nitrogen and oxygen atoms in total. The van der Waals surface area contributed by atoms with Gasteiger partial charge in [0.1, 0.15) is 0 Å². The summed E-state index contributed by atoms with van der Waals surface area (Å²) in [5.74, 6) is -0.695. The van der Waals surface area contributed by atoms with Gasteiger partial charge in [0, 0.05) is 5.02 Å². The number of nitrogens with zero attached hydrogens (tertiary/aromatic N) is 4. The van der Waals surface area contributed by atoms with Gasteiger partial charge in [0.05, 0.1) is 12.2 Å². The molecule has 0 N–H and O–H groups in total. The third-order valence-corrected chi connectivity index (χ3v) is 4.35. The van der Waals surface area contributed by atoms with Crippen LogP contribution in [0.2, 0.25) is 5.02 Å². The minimum atomic E-state index is -0.791. The number of hydrogen-bond donors (Lipinski definition) is 0. The maximum atomic E-state index is 12.8. The second kappa shape index (κ2) is 5.72. The van der Waals surface area contributed by atoms with E-state index in [1.54, 1.807) is 29.3 Å². The monoisotopic (exact) mass is 340 g/mol. The number of carbonyl (C=O) groups is 2. The molecule has 2 aliphatic heterocycles. The number of imide groups is 1. The molecule has 2 aliphatic rings. The maximum absolute atomic E-state index is 12.8. The van der Waals surface area contributed by atoms with Crippen LogP contribution in [-0.4, -0.2) is 28.9 Å². The standard InChI is InChI=1S/C17H13ClN4O2/c18-12-7-4-8-13(9-12)22-16(23)14-15(17(22)24)21(20-19-14)10-11-5-2-1-3-6-11/h1-9,14-15H,10H2/t14-,15+/m0/s1. The molecule has 7 heteroatoms. The highest BCUT2D eigenvalue weighted by atomic mass is 35.5. The van der Waals surface area contributed by atoms with Gasteiger partial charge in [-0.3, -0.25) is 14.6 Å². The van der Waals surface area contributed by atoms with Crippen molar-refractivity contribution >= 4 is 29.1 Å². The normalized spacial score (nSPS) is 22.4. The average molecular weight is 341 g/mol. The van der Waals surface area contributed by atoms with E-state index in [4.69, 9.17) is 11.6 Å². The molecule has 2 heterocycles. The minimum absolute atomic E-state index is 0.326. The first-order chi connectivity index (χ1) is 11.6. The lowest BCUT2D eigenvalue weighted by Crippen LogP contribution is -2.39. The Bertz CT molecular complexity index is 839. The minimum Gasteiger partial charge on any atom is -0.271 e. The van der Waals surface area contributed by atoms with Crippen molar-refractivity contribution in [2.24, 2.45) is 10.3 Å². The molecule has 0 aliphatic carbocycles. The first-order valence-electron chi connectivity index (χ1n) is 7.50. The van der Waals surface area contributed by atoms with E-state index in [2.05, 4.69) is 10.3 Å². The van der Waals surface area contributed by atoms with E-state index in [-0.39, 0.29) is 11.8 Å². The van der Waals surface area contributed by atoms with E-state index >= 15 is 0 Å². The van der Waals surface area contributed by atoms with E-state index in [1.807, 2.05) is 30.3 Å². The molecule has 0 unspecified atom stereocenters. The molecule has 1 fully saturated rings. The molecule has 2 aromatic carbocycles. The first kappa shape index (κ1) is 14.8. The Balaban J connectivity index is 1.62. The highest BCUT2D eigenvalue weighted by Crippen LogP contribution is 2.33. The zero-order valence-corrected chi connectivity index (χ0v) is 13.3. The van der Waals surface area contributed by atoms with Crippen LogP contribution >= 0.6 is 11.6 Å². The molecule has 0 spiro atoms. The van der Waals surface area contributed by atoms with E-state index < -0.39 is 12.1 Å². The number of fused-ring (bicyclic) bond motifs is 1. The van der Waals surface area contributed by atoms with E-state index in [0.717, 1.165) is 10.5 Å². The molecule has 0 aromatic heterocycles. The summed E-state index contributed by atoms with van der Waals surface area (Å²) in [6, 6.07) is 14.8. The lowest BCUT2D eigenvalue weighted by molar-refractivity contribution is -0.123. The SMILES string of the molecule is O=C1[C@H]2N=NN(Cc3ccccc3)[C@H]2C(=O)N1c1cccc(Cl)c1.